The number of nitrogens with zero attached hydrogens (tertiary/aromatic N) is 4. The van der Waals surface area contributed by atoms with Gasteiger partial charge in [-0.25, -0.2) is 4.79 Å². The monoisotopic (exact) mass is 346 g/mol. The summed E-state index contributed by atoms with van der Waals surface area (Å²) in [4.78, 5) is 16.5. The van der Waals surface area contributed by atoms with E-state index in [-0.39, 0.29) is 11.9 Å². The van der Waals surface area contributed by atoms with Crippen molar-refractivity contribution in [3.8, 4) is 6.07 Å². The molecular weight excluding hydrogens is 336 g/mol. The third kappa shape index (κ3) is 1.80. The van der Waals surface area contributed by atoms with Crippen LogP contribution in [0.25, 0.3) is 5.57 Å². The number of carbonyl (C=O) groups is 1. The summed E-state index contributed by atoms with van der Waals surface area (Å²) in [6, 6.07) is 7.28. The summed E-state index contributed by atoms with van der Waals surface area (Å²) in [5.41, 5.74) is 6.61. The first-order valence-electron chi connectivity index (χ1n) is 7.93. The number of aliphatic imine (C=N–C) groups is 1. The zero-order valence-corrected chi connectivity index (χ0v) is 14.0. The number of hydrogen-bond acceptors (Lipinski definition) is 3. The quantitative estimate of drug-likeness (QED) is 0.726. The van der Waals surface area contributed by atoms with Crippen LogP contribution < -0.4 is 0 Å². The van der Waals surface area contributed by atoms with E-state index >= 15 is 0 Å². The van der Waals surface area contributed by atoms with Crippen molar-refractivity contribution in [1.82, 2.24) is 9.78 Å². The Morgan fingerprint density at radius 3 is 3.00 bits per heavy atom. The minimum absolute atomic E-state index is 0.0394. The highest BCUT2D eigenvalue weighted by Crippen LogP contribution is 2.47. The molecule has 5 nitrogen and oxygen atoms in total. The van der Waals surface area contributed by atoms with Gasteiger partial charge in [0.05, 0.1) is 17.3 Å². The molecule has 1 aromatic heterocycles. The Labute approximate surface area is 148 Å². The van der Waals surface area contributed by atoms with Crippen molar-refractivity contribution in [2.24, 2.45) is 4.99 Å². The summed E-state index contributed by atoms with van der Waals surface area (Å²) < 4.78 is 1.39. The number of halogens is 1. The maximum absolute atomic E-state index is 12.3. The molecule has 2 heterocycles. The molecule has 5 rings (SSSR count). The second-order valence-corrected chi connectivity index (χ2v) is 6.79. The average molecular weight is 347 g/mol. The molecule has 0 N–H and O–H groups in total. The zero-order chi connectivity index (χ0) is 17.3. The number of carbonyl (C=O) groups excluding carboxylic acids is 1. The van der Waals surface area contributed by atoms with Crippen LogP contribution in [-0.2, 0) is 0 Å². The van der Waals surface area contributed by atoms with Crippen LogP contribution >= 0.6 is 11.6 Å². The summed E-state index contributed by atoms with van der Waals surface area (Å²) in [5, 5.41) is 14.4. The number of nitriles is 1. The smallest absolute Gasteiger partial charge is 0.244 e. The minimum atomic E-state index is -0.369. The lowest BCUT2D eigenvalue weighted by molar-refractivity contribution is 0.249. The molecule has 0 radical (unpaired) electrons. The highest BCUT2D eigenvalue weighted by molar-refractivity contribution is 6.32. The van der Waals surface area contributed by atoms with Gasteiger partial charge in [0.2, 0.25) is 0 Å². The summed E-state index contributed by atoms with van der Waals surface area (Å²) in [5.74, 6) is 0.0394. The topological polar surface area (TPSA) is 71.0 Å². The van der Waals surface area contributed by atoms with Crippen LogP contribution in [0.1, 0.15) is 46.0 Å². The number of benzene rings is 1. The molecule has 1 amide bonds. The molecule has 25 heavy (non-hydrogen) atoms. The zero-order valence-electron chi connectivity index (χ0n) is 13.2. The first-order chi connectivity index (χ1) is 12.1. The SMILES string of the molecule is Cc1nn2c3c1C1CC=C(Cl)C=C1c1cc(C#N)ccc1C3=NC2=O. The second kappa shape index (κ2) is 4.78. The lowest BCUT2D eigenvalue weighted by Gasteiger charge is -2.22. The van der Waals surface area contributed by atoms with Gasteiger partial charge in [-0.1, -0.05) is 23.7 Å². The van der Waals surface area contributed by atoms with Gasteiger partial charge >= 0.3 is 6.03 Å². The molecule has 2 aliphatic carbocycles. The van der Waals surface area contributed by atoms with Gasteiger partial charge in [-0.05, 0) is 42.7 Å². The van der Waals surface area contributed by atoms with Gasteiger partial charge in [0.25, 0.3) is 0 Å². The van der Waals surface area contributed by atoms with Crippen molar-refractivity contribution in [2.75, 3.05) is 0 Å². The molecule has 1 aromatic carbocycles. The van der Waals surface area contributed by atoms with Crippen molar-refractivity contribution in [3.05, 3.63) is 69.0 Å². The van der Waals surface area contributed by atoms with E-state index in [0.29, 0.717) is 16.3 Å². The van der Waals surface area contributed by atoms with Crippen molar-refractivity contribution in [1.29, 1.82) is 5.26 Å². The average Bonchev–Trinajstić information content (AvgIpc) is 3.07. The number of aromatic nitrogens is 2. The van der Waals surface area contributed by atoms with Crippen LogP contribution in [0.5, 0.6) is 0 Å². The molecule has 3 aliphatic rings. The van der Waals surface area contributed by atoms with E-state index in [2.05, 4.69) is 16.2 Å². The van der Waals surface area contributed by atoms with Crippen molar-refractivity contribution in [2.45, 2.75) is 19.3 Å². The number of rotatable bonds is 0. The van der Waals surface area contributed by atoms with Gasteiger partial charge in [0.15, 0.2) is 0 Å². The highest BCUT2D eigenvalue weighted by Gasteiger charge is 2.39. The number of allylic oxidation sites excluding steroid dienone is 4. The molecule has 0 spiro atoms. The molecule has 6 heteroatoms. The van der Waals surface area contributed by atoms with Crippen LogP contribution in [0.3, 0.4) is 0 Å². The first kappa shape index (κ1) is 14.4. The molecule has 0 saturated carbocycles. The molecule has 2 aromatic rings. The summed E-state index contributed by atoms with van der Waals surface area (Å²) in [6.45, 7) is 1.92. The van der Waals surface area contributed by atoms with E-state index in [1.807, 2.05) is 31.2 Å². The Morgan fingerprint density at radius 1 is 1.36 bits per heavy atom. The number of fused-ring (bicyclic) bond motifs is 5. The molecule has 0 fully saturated rings. The number of hydrogen-bond donors (Lipinski definition) is 0. The van der Waals surface area contributed by atoms with Crippen LogP contribution in [0.15, 0.2) is 40.4 Å². The van der Waals surface area contributed by atoms with E-state index in [1.165, 1.54) is 4.68 Å². The summed E-state index contributed by atoms with van der Waals surface area (Å²) >= 11 is 6.29. The van der Waals surface area contributed by atoms with Gasteiger partial charge < -0.3 is 0 Å². The van der Waals surface area contributed by atoms with E-state index < -0.39 is 0 Å². The van der Waals surface area contributed by atoms with Gasteiger partial charge in [0.1, 0.15) is 11.4 Å². The van der Waals surface area contributed by atoms with Gasteiger partial charge in [-0.3, -0.25) is 0 Å². The van der Waals surface area contributed by atoms with Gasteiger partial charge in [-0.2, -0.15) is 20.0 Å². The molecule has 1 atom stereocenters. The van der Waals surface area contributed by atoms with Crippen molar-refractivity contribution in [3.63, 3.8) is 0 Å². The maximum atomic E-state index is 12.3. The van der Waals surface area contributed by atoms with E-state index in [0.717, 1.165) is 40.1 Å². The molecule has 0 saturated heterocycles. The second-order valence-electron chi connectivity index (χ2n) is 6.35. The molecule has 1 unspecified atom stereocenters. The molecular formula is C19H11ClN4O. The maximum Gasteiger partial charge on any atom is 0.369 e. The van der Waals surface area contributed by atoms with Crippen LogP contribution in [-0.4, -0.2) is 21.5 Å². The van der Waals surface area contributed by atoms with E-state index in [4.69, 9.17) is 11.6 Å². The third-order valence-corrected chi connectivity index (χ3v) is 5.26. The standard InChI is InChI=1S/C19H11ClN4O/c1-9-16-12-5-3-11(20)7-15(12)14-6-10(8-21)2-4-13(14)17-18(16)24(23-9)19(25)22-17/h2-4,6-7,12H,5H2,1H3. The summed E-state index contributed by atoms with van der Waals surface area (Å²) in [6.07, 6.45) is 4.65. The number of amides is 1. The largest absolute Gasteiger partial charge is 0.369 e. The first-order valence-corrected chi connectivity index (χ1v) is 8.31. The van der Waals surface area contributed by atoms with Crippen LogP contribution in [0, 0.1) is 18.3 Å². The fraction of sp³-hybridized carbons (Fsp3) is 0.158. The molecule has 120 valence electrons. The fourth-order valence-electron chi connectivity index (χ4n) is 3.97. The Kier molecular flexibility index (Phi) is 2.75. The number of aryl methyl sites for hydroxylation is 1. The van der Waals surface area contributed by atoms with E-state index in [9.17, 15) is 10.1 Å². The predicted octanol–water partition coefficient (Wildman–Crippen LogP) is 3.89. The van der Waals surface area contributed by atoms with E-state index in [1.54, 1.807) is 6.07 Å². The normalized spacial score (nSPS) is 19.8. The van der Waals surface area contributed by atoms with Crippen molar-refractivity contribution < 1.29 is 4.79 Å². The fourth-order valence-corrected chi connectivity index (χ4v) is 4.18. The minimum Gasteiger partial charge on any atom is -0.244 e. The van der Waals surface area contributed by atoms with Crippen LogP contribution in [0.2, 0.25) is 0 Å². The Hall–Kier alpha value is -2.97. The lowest BCUT2D eigenvalue weighted by Crippen LogP contribution is -2.08. The third-order valence-electron chi connectivity index (χ3n) is 5.00. The lowest BCUT2D eigenvalue weighted by atomic mass is 9.81. The van der Waals surface area contributed by atoms with Crippen LogP contribution in [0.4, 0.5) is 4.79 Å². The van der Waals surface area contributed by atoms with Crippen molar-refractivity contribution >= 4 is 28.9 Å². The Bertz CT molecular complexity index is 1130. The molecule has 0 bridgehead atoms. The Morgan fingerprint density at radius 2 is 2.20 bits per heavy atom. The van der Waals surface area contributed by atoms with Gasteiger partial charge in [-0.15, -0.1) is 0 Å². The Balaban J connectivity index is 1.92. The predicted molar refractivity (Wildman–Crippen MR) is 93.8 cm³/mol. The highest BCUT2D eigenvalue weighted by atomic mass is 35.5. The van der Waals surface area contributed by atoms with Gasteiger partial charge in [0, 0.05) is 22.1 Å². The molecule has 1 aliphatic heterocycles. The summed E-state index contributed by atoms with van der Waals surface area (Å²) in [7, 11) is 0.